The van der Waals surface area contributed by atoms with Gasteiger partial charge in [0.1, 0.15) is 17.3 Å². The average Bonchev–Trinajstić information content (AvgIpc) is 3.66. The van der Waals surface area contributed by atoms with Crippen molar-refractivity contribution in [1.82, 2.24) is 39.1 Å². The summed E-state index contributed by atoms with van der Waals surface area (Å²) in [7, 11) is 3.17. The van der Waals surface area contributed by atoms with Crippen molar-refractivity contribution in [1.29, 1.82) is 0 Å². The van der Waals surface area contributed by atoms with E-state index in [1.807, 2.05) is 0 Å². The molecule has 0 unspecified atom stereocenters. The maximum Gasteiger partial charge on any atom is 0.435 e. The van der Waals surface area contributed by atoms with E-state index >= 15 is 0 Å². The fourth-order valence-electron chi connectivity index (χ4n) is 4.65. The van der Waals surface area contributed by atoms with E-state index in [0.717, 1.165) is 30.2 Å². The SMILES string of the molecule is COc1ncnc(C2CC2)c1-c1ncc2c(=O)n(C)n(Cc3ccc(-n4nc(C(F)(F)F)cc4C)cc3)c2n1. The third kappa shape index (κ3) is 4.33. The first kappa shape index (κ1) is 24.8. The number of alkyl halides is 3. The van der Waals surface area contributed by atoms with Crippen LogP contribution in [0.2, 0.25) is 0 Å². The van der Waals surface area contributed by atoms with Crippen LogP contribution in [0.3, 0.4) is 0 Å². The van der Waals surface area contributed by atoms with E-state index in [4.69, 9.17) is 9.72 Å². The number of hydrogen-bond donors (Lipinski definition) is 0. The summed E-state index contributed by atoms with van der Waals surface area (Å²) in [6, 6.07) is 7.94. The summed E-state index contributed by atoms with van der Waals surface area (Å²) >= 11 is 0. The third-order valence-corrected chi connectivity index (χ3v) is 6.81. The minimum absolute atomic E-state index is 0.251. The number of nitrogens with zero attached hydrogens (tertiary/aromatic N) is 8. The summed E-state index contributed by atoms with van der Waals surface area (Å²) in [5.74, 6) is 1.03. The molecule has 39 heavy (non-hydrogen) atoms. The first-order valence-electron chi connectivity index (χ1n) is 12.2. The number of aryl methyl sites for hydroxylation is 1. The summed E-state index contributed by atoms with van der Waals surface area (Å²) in [6.45, 7) is 1.85. The maximum absolute atomic E-state index is 13.1. The summed E-state index contributed by atoms with van der Waals surface area (Å²) in [5.41, 5.74) is 2.34. The Bertz CT molecular complexity index is 1770. The molecule has 0 spiro atoms. The topological polar surface area (TPSA) is 106 Å². The highest BCUT2D eigenvalue weighted by Crippen LogP contribution is 2.44. The van der Waals surface area contributed by atoms with Crippen LogP contribution in [-0.2, 0) is 19.8 Å². The van der Waals surface area contributed by atoms with Gasteiger partial charge in [-0.2, -0.15) is 18.3 Å². The number of fused-ring (bicyclic) bond motifs is 1. The highest BCUT2D eigenvalue weighted by molar-refractivity contribution is 5.77. The second kappa shape index (κ2) is 9.03. The van der Waals surface area contributed by atoms with Crippen molar-refractivity contribution in [2.45, 2.75) is 38.4 Å². The van der Waals surface area contributed by atoms with Crippen molar-refractivity contribution in [3.63, 3.8) is 0 Å². The van der Waals surface area contributed by atoms with Crippen LogP contribution in [-0.4, -0.2) is 46.2 Å². The molecule has 1 aliphatic rings. The lowest BCUT2D eigenvalue weighted by Gasteiger charge is -2.12. The molecule has 200 valence electrons. The molecule has 10 nitrogen and oxygen atoms in total. The molecule has 13 heteroatoms. The Kier molecular flexibility index (Phi) is 5.74. The molecular formula is C26H23F3N8O2. The van der Waals surface area contributed by atoms with E-state index in [2.05, 4.69) is 20.1 Å². The lowest BCUT2D eigenvalue weighted by Crippen LogP contribution is -2.19. The van der Waals surface area contributed by atoms with Crippen molar-refractivity contribution >= 4 is 11.0 Å². The molecule has 1 fully saturated rings. The zero-order valence-electron chi connectivity index (χ0n) is 21.3. The van der Waals surface area contributed by atoms with Crippen LogP contribution in [0.1, 0.15) is 41.4 Å². The van der Waals surface area contributed by atoms with E-state index in [1.165, 1.54) is 29.0 Å². The van der Waals surface area contributed by atoms with Crippen LogP contribution in [0.5, 0.6) is 5.88 Å². The smallest absolute Gasteiger partial charge is 0.435 e. The van der Waals surface area contributed by atoms with E-state index in [0.29, 0.717) is 45.6 Å². The van der Waals surface area contributed by atoms with Gasteiger partial charge in [0.05, 0.1) is 25.0 Å². The van der Waals surface area contributed by atoms with Gasteiger partial charge in [-0.25, -0.2) is 24.6 Å². The van der Waals surface area contributed by atoms with Crippen LogP contribution in [0.15, 0.2) is 47.7 Å². The fraction of sp³-hybridized carbons (Fsp3) is 0.308. The number of hydrogen-bond acceptors (Lipinski definition) is 7. The predicted octanol–water partition coefficient (Wildman–Crippen LogP) is 4.03. The normalized spacial score (nSPS) is 13.8. The van der Waals surface area contributed by atoms with Crippen LogP contribution < -0.4 is 10.3 Å². The molecular weight excluding hydrogens is 513 g/mol. The number of aromatic nitrogens is 8. The number of rotatable bonds is 6. The van der Waals surface area contributed by atoms with Crippen LogP contribution in [0.25, 0.3) is 28.1 Å². The Morgan fingerprint density at radius 2 is 1.85 bits per heavy atom. The maximum atomic E-state index is 13.1. The van der Waals surface area contributed by atoms with Gasteiger partial charge in [0, 0.05) is 24.9 Å². The van der Waals surface area contributed by atoms with Gasteiger partial charge < -0.3 is 4.74 Å². The summed E-state index contributed by atoms with van der Waals surface area (Å²) < 4.78 is 49.2. The van der Waals surface area contributed by atoms with E-state index < -0.39 is 11.9 Å². The number of benzene rings is 1. The molecule has 4 aromatic heterocycles. The van der Waals surface area contributed by atoms with Gasteiger partial charge in [-0.1, -0.05) is 12.1 Å². The molecule has 4 heterocycles. The molecule has 0 N–H and O–H groups in total. The minimum Gasteiger partial charge on any atom is -0.480 e. The van der Waals surface area contributed by atoms with Crippen LogP contribution in [0, 0.1) is 6.92 Å². The number of methoxy groups -OCH3 is 1. The first-order valence-corrected chi connectivity index (χ1v) is 12.2. The second-order valence-electron chi connectivity index (χ2n) is 9.48. The Labute approximate surface area is 219 Å². The molecule has 1 aromatic carbocycles. The van der Waals surface area contributed by atoms with Gasteiger partial charge >= 0.3 is 6.18 Å². The zero-order chi connectivity index (χ0) is 27.5. The molecule has 5 aromatic rings. The third-order valence-electron chi connectivity index (χ3n) is 6.81. The molecule has 0 radical (unpaired) electrons. The van der Waals surface area contributed by atoms with Crippen LogP contribution >= 0.6 is 0 Å². The van der Waals surface area contributed by atoms with Gasteiger partial charge in [0.25, 0.3) is 5.56 Å². The standard InChI is InChI=1S/C26H23F3N8O2/c1-14-10-19(26(27,28)29)34-37(14)17-8-4-15(5-9-17)12-36-23-18(25(38)35(36)2)11-30-22(33-23)20-21(16-6-7-16)31-13-32-24(20)39-3/h4-5,8-11,13,16H,6-7,12H2,1-3H3. The van der Waals surface area contributed by atoms with E-state index in [1.54, 1.807) is 42.9 Å². The Balaban J connectivity index is 1.38. The zero-order valence-corrected chi connectivity index (χ0v) is 21.3. The average molecular weight is 537 g/mol. The quantitative estimate of drug-likeness (QED) is 0.323. The molecule has 0 amide bonds. The highest BCUT2D eigenvalue weighted by Gasteiger charge is 2.34. The Morgan fingerprint density at radius 3 is 2.49 bits per heavy atom. The number of halogens is 3. The van der Waals surface area contributed by atoms with Crippen molar-refractivity contribution in [3.8, 4) is 23.0 Å². The minimum atomic E-state index is -4.52. The van der Waals surface area contributed by atoms with E-state index in [-0.39, 0.29) is 12.1 Å². The predicted molar refractivity (Wildman–Crippen MR) is 135 cm³/mol. The fourth-order valence-corrected chi connectivity index (χ4v) is 4.65. The Hall–Kier alpha value is -4.55. The lowest BCUT2D eigenvalue weighted by atomic mass is 10.1. The molecule has 1 aliphatic carbocycles. The summed E-state index contributed by atoms with van der Waals surface area (Å²) in [6.07, 6.45) is 0.465. The Morgan fingerprint density at radius 1 is 1.10 bits per heavy atom. The summed E-state index contributed by atoms with van der Waals surface area (Å²) in [4.78, 5) is 30.9. The van der Waals surface area contributed by atoms with Crippen molar-refractivity contribution in [2.75, 3.05) is 7.11 Å². The highest BCUT2D eigenvalue weighted by atomic mass is 19.4. The van der Waals surface area contributed by atoms with Gasteiger partial charge in [-0.15, -0.1) is 0 Å². The molecule has 0 saturated heterocycles. The largest absolute Gasteiger partial charge is 0.480 e. The van der Waals surface area contributed by atoms with Crippen molar-refractivity contribution in [2.24, 2.45) is 7.05 Å². The van der Waals surface area contributed by atoms with Crippen LogP contribution in [0.4, 0.5) is 13.2 Å². The lowest BCUT2D eigenvalue weighted by molar-refractivity contribution is -0.141. The molecule has 0 atom stereocenters. The summed E-state index contributed by atoms with van der Waals surface area (Å²) in [5, 5.41) is 4.06. The molecule has 0 bridgehead atoms. The van der Waals surface area contributed by atoms with Gasteiger partial charge in [0.2, 0.25) is 5.88 Å². The first-order chi connectivity index (χ1) is 18.7. The van der Waals surface area contributed by atoms with Crippen molar-refractivity contribution < 1.29 is 17.9 Å². The van der Waals surface area contributed by atoms with Gasteiger partial charge in [-0.3, -0.25) is 14.2 Å². The van der Waals surface area contributed by atoms with Gasteiger partial charge in [-0.05, 0) is 43.5 Å². The molecule has 0 aliphatic heterocycles. The van der Waals surface area contributed by atoms with E-state index in [9.17, 15) is 18.0 Å². The van der Waals surface area contributed by atoms with Gasteiger partial charge in [0.15, 0.2) is 17.2 Å². The molecule has 1 saturated carbocycles. The molecule has 6 rings (SSSR count). The second-order valence-corrected chi connectivity index (χ2v) is 9.48. The van der Waals surface area contributed by atoms with Crippen molar-refractivity contribution in [3.05, 3.63) is 75.9 Å². The monoisotopic (exact) mass is 536 g/mol. The number of ether oxygens (including phenoxy) is 1.